The molecule has 17 heavy (non-hydrogen) atoms. The molecule has 0 aromatic carbocycles. The minimum atomic E-state index is -0.308. The van der Waals surface area contributed by atoms with E-state index in [1.165, 1.54) is 0 Å². The summed E-state index contributed by atoms with van der Waals surface area (Å²) >= 11 is 0. The van der Waals surface area contributed by atoms with Gasteiger partial charge in [0.15, 0.2) is 0 Å². The molecule has 98 valence electrons. The molecule has 1 rings (SSSR count). The quantitative estimate of drug-likeness (QED) is 0.766. The Morgan fingerprint density at radius 3 is 2.41 bits per heavy atom. The van der Waals surface area contributed by atoms with Crippen LogP contribution in [0.3, 0.4) is 0 Å². The third kappa shape index (κ3) is 5.20. The highest BCUT2D eigenvalue weighted by atomic mass is 16.2. The van der Waals surface area contributed by atoms with Crippen LogP contribution < -0.4 is 11.1 Å². The summed E-state index contributed by atoms with van der Waals surface area (Å²) in [6.07, 6.45) is 5.25. The van der Waals surface area contributed by atoms with Crippen LogP contribution in [0, 0.1) is 11.8 Å². The van der Waals surface area contributed by atoms with E-state index in [1.807, 2.05) is 6.92 Å². The molecule has 0 aliphatic heterocycles. The lowest BCUT2D eigenvalue weighted by atomic mass is 9.82. The molecule has 4 heteroatoms. The van der Waals surface area contributed by atoms with Crippen molar-refractivity contribution in [2.24, 2.45) is 17.6 Å². The van der Waals surface area contributed by atoms with Gasteiger partial charge in [-0.1, -0.05) is 6.92 Å². The van der Waals surface area contributed by atoms with Crippen LogP contribution in [0.15, 0.2) is 0 Å². The Kier molecular flexibility index (Phi) is 5.45. The molecule has 0 heterocycles. The molecule has 0 unspecified atom stereocenters. The van der Waals surface area contributed by atoms with Crippen molar-refractivity contribution in [1.82, 2.24) is 5.32 Å². The Morgan fingerprint density at radius 1 is 1.29 bits per heavy atom. The van der Waals surface area contributed by atoms with E-state index in [4.69, 9.17) is 5.73 Å². The summed E-state index contributed by atoms with van der Waals surface area (Å²) in [5.74, 6) is 0.764. The van der Waals surface area contributed by atoms with Crippen molar-refractivity contribution in [2.45, 2.75) is 58.4 Å². The Bertz CT molecular complexity index is 271. The van der Waals surface area contributed by atoms with Gasteiger partial charge in [0.25, 0.3) is 0 Å². The summed E-state index contributed by atoms with van der Waals surface area (Å²) in [5, 5.41) is 2.97. The molecule has 1 fully saturated rings. The molecule has 0 aromatic rings. The molecule has 4 nitrogen and oxygen atoms in total. The van der Waals surface area contributed by atoms with Crippen molar-refractivity contribution in [1.29, 1.82) is 0 Å². The minimum absolute atomic E-state index is 0.0364. The number of hydrogen-bond acceptors (Lipinski definition) is 2. The molecular formula is C13H24N2O2. The fourth-order valence-corrected chi connectivity index (χ4v) is 2.31. The average Bonchev–Trinajstić information content (AvgIpc) is 2.27. The second-order valence-electron chi connectivity index (χ2n) is 5.37. The van der Waals surface area contributed by atoms with Gasteiger partial charge in [-0.3, -0.25) is 9.59 Å². The zero-order chi connectivity index (χ0) is 12.8. The van der Waals surface area contributed by atoms with Gasteiger partial charge in [0.1, 0.15) is 0 Å². The van der Waals surface area contributed by atoms with Crippen molar-refractivity contribution < 1.29 is 9.59 Å². The first-order valence-electron chi connectivity index (χ1n) is 6.57. The van der Waals surface area contributed by atoms with E-state index in [1.54, 1.807) is 0 Å². The zero-order valence-electron chi connectivity index (χ0n) is 10.9. The predicted octanol–water partition coefficient (Wildman–Crippen LogP) is 1.58. The Hall–Kier alpha value is -1.06. The van der Waals surface area contributed by atoms with Crippen molar-refractivity contribution in [3.63, 3.8) is 0 Å². The molecule has 0 radical (unpaired) electrons. The third-order valence-corrected chi connectivity index (χ3v) is 3.60. The second-order valence-corrected chi connectivity index (χ2v) is 5.37. The highest BCUT2D eigenvalue weighted by Crippen LogP contribution is 2.28. The number of nitrogens with two attached hydrogens (primary N) is 1. The maximum Gasteiger partial charge on any atom is 0.223 e. The lowest BCUT2D eigenvalue weighted by molar-refractivity contribution is -0.127. The lowest BCUT2D eigenvalue weighted by Crippen LogP contribution is -2.39. The number of nitrogens with one attached hydrogen (secondary N) is 1. The number of carbonyl (C=O) groups is 2. The fourth-order valence-electron chi connectivity index (χ4n) is 2.31. The first kappa shape index (κ1) is 14.0. The molecule has 2 amide bonds. The first-order chi connectivity index (χ1) is 7.99. The smallest absolute Gasteiger partial charge is 0.223 e. The van der Waals surface area contributed by atoms with Gasteiger partial charge in [-0.05, 0) is 44.9 Å². The third-order valence-electron chi connectivity index (χ3n) is 3.60. The van der Waals surface area contributed by atoms with E-state index in [-0.39, 0.29) is 23.8 Å². The van der Waals surface area contributed by atoms with E-state index >= 15 is 0 Å². The van der Waals surface area contributed by atoms with Gasteiger partial charge in [-0.25, -0.2) is 0 Å². The minimum Gasteiger partial charge on any atom is -0.370 e. The Labute approximate surface area is 103 Å². The van der Waals surface area contributed by atoms with Crippen molar-refractivity contribution >= 4 is 11.8 Å². The lowest BCUT2D eigenvalue weighted by Gasteiger charge is -2.26. The highest BCUT2D eigenvalue weighted by Gasteiger charge is 2.24. The molecule has 1 aliphatic rings. The first-order valence-corrected chi connectivity index (χ1v) is 6.57. The van der Waals surface area contributed by atoms with E-state index in [0.29, 0.717) is 12.8 Å². The van der Waals surface area contributed by atoms with Crippen LogP contribution in [0.2, 0.25) is 0 Å². The molecule has 0 spiro atoms. The second kappa shape index (κ2) is 6.62. The SMILES string of the molecule is CC1CCC(C(=O)N[C@@H](C)CCC(N)=O)CC1. The number of amides is 2. The number of rotatable bonds is 5. The highest BCUT2D eigenvalue weighted by molar-refractivity contribution is 5.79. The predicted molar refractivity (Wildman–Crippen MR) is 67.2 cm³/mol. The fraction of sp³-hybridized carbons (Fsp3) is 0.846. The molecule has 0 aromatic heterocycles. The standard InChI is InChI=1S/C13H24N2O2/c1-9-3-6-11(7-4-9)13(17)15-10(2)5-8-12(14)16/h9-11H,3-8H2,1-2H3,(H2,14,16)(H,15,17)/t9?,10-,11?/m0/s1. The van der Waals surface area contributed by atoms with E-state index in [2.05, 4.69) is 12.2 Å². The summed E-state index contributed by atoms with van der Waals surface area (Å²) < 4.78 is 0. The topological polar surface area (TPSA) is 72.2 Å². The van der Waals surface area contributed by atoms with E-state index < -0.39 is 0 Å². The summed E-state index contributed by atoms with van der Waals surface area (Å²) in [6, 6.07) is 0.0364. The van der Waals surface area contributed by atoms with Crippen LogP contribution in [0.5, 0.6) is 0 Å². The van der Waals surface area contributed by atoms with Crippen molar-refractivity contribution in [3.05, 3.63) is 0 Å². The van der Waals surface area contributed by atoms with Gasteiger partial charge in [0.05, 0.1) is 0 Å². The van der Waals surface area contributed by atoms with Crippen molar-refractivity contribution in [2.75, 3.05) is 0 Å². The molecule has 1 atom stereocenters. The number of hydrogen-bond donors (Lipinski definition) is 2. The maximum absolute atomic E-state index is 11.9. The van der Waals surface area contributed by atoms with Crippen LogP contribution in [-0.2, 0) is 9.59 Å². The molecule has 0 bridgehead atoms. The van der Waals surface area contributed by atoms with Gasteiger partial charge in [-0.15, -0.1) is 0 Å². The summed E-state index contributed by atoms with van der Waals surface area (Å²) in [6.45, 7) is 4.16. The number of carbonyl (C=O) groups excluding carboxylic acids is 2. The zero-order valence-corrected chi connectivity index (χ0v) is 10.9. The largest absolute Gasteiger partial charge is 0.370 e. The summed E-state index contributed by atoms with van der Waals surface area (Å²) in [7, 11) is 0. The number of primary amides is 1. The van der Waals surface area contributed by atoms with Gasteiger partial charge in [0, 0.05) is 18.4 Å². The normalized spacial score (nSPS) is 26.2. The Morgan fingerprint density at radius 2 is 1.88 bits per heavy atom. The van der Waals surface area contributed by atoms with Crippen molar-refractivity contribution in [3.8, 4) is 0 Å². The van der Waals surface area contributed by atoms with Gasteiger partial charge < -0.3 is 11.1 Å². The van der Waals surface area contributed by atoms with Crippen LogP contribution in [0.25, 0.3) is 0 Å². The molecule has 3 N–H and O–H groups in total. The molecule has 1 saturated carbocycles. The van der Waals surface area contributed by atoms with Gasteiger partial charge in [-0.2, -0.15) is 0 Å². The molecular weight excluding hydrogens is 216 g/mol. The average molecular weight is 240 g/mol. The van der Waals surface area contributed by atoms with Crippen LogP contribution in [0.1, 0.15) is 52.4 Å². The van der Waals surface area contributed by atoms with Gasteiger partial charge >= 0.3 is 0 Å². The maximum atomic E-state index is 11.9. The monoisotopic (exact) mass is 240 g/mol. The van der Waals surface area contributed by atoms with Crippen LogP contribution in [-0.4, -0.2) is 17.9 Å². The van der Waals surface area contributed by atoms with Gasteiger partial charge in [0.2, 0.25) is 11.8 Å². The summed E-state index contributed by atoms with van der Waals surface area (Å²) in [5.41, 5.74) is 5.08. The Balaban J connectivity index is 2.26. The molecule has 1 aliphatic carbocycles. The van der Waals surface area contributed by atoms with Crippen LogP contribution in [0.4, 0.5) is 0 Å². The van der Waals surface area contributed by atoms with E-state index in [9.17, 15) is 9.59 Å². The van der Waals surface area contributed by atoms with Crippen LogP contribution >= 0.6 is 0 Å². The summed E-state index contributed by atoms with van der Waals surface area (Å²) in [4.78, 5) is 22.6. The van der Waals surface area contributed by atoms with E-state index in [0.717, 1.165) is 31.6 Å². The molecule has 0 saturated heterocycles.